The number of amides is 1. The number of carbonyl (C=O) groups is 1. The van der Waals surface area contributed by atoms with Gasteiger partial charge in [0.05, 0.1) is 6.54 Å². The van der Waals surface area contributed by atoms with Gasteiger partial charge in [-0.05, 0) is 0 Å². The Morgan fingerprint density at radius 3 is 3.00 bits per heavy atom. The van der Waals surface area contributed by atoms with Crippen LogP contribution in [-0.4, -0.2) is 22.9 Å². The Labute approximate surface area is 106 Å². The molecule has 2 rings (SSSR count). The summed E-state index contributed by atoms with van der Waals surface area (Å²) in [6.07, 6.45) is 1.70. The van der Waals surface area contributed by atoms with Crippen molar-refractivity contribution >= 4 is 39.5 Å². The minimum absolute atomic E-state index is 0.225. The molecule has 0 saturated heterocycles. The van der Waals surface area contributed by atoms with Crippen LogP contribution in [0, 0.1) is 0 Å². The number of hydrogen-bond acceptors (Lipinski definition) is 7. The first kappa shape index (κ1) is 11.8. The van der Waals surface area contributed by atoms with Gasteiger partial charge in [0.15, 0.2) is 5.13 Å². The summed E-state index contributed by atoms with van der Waals surface area (Å²) in [5, 5.41) is 8.95. The van der Waals surface area contributed by atoms with Crippen LogP contribution in [0.2, 0.25) is 0 Å². The molecule has 0 aliphatic heterocycles. The average molecular weight is 269 g/mol. The van der Waals surface area contributed by atoms with Gasteiger partial charge < -0.3 is 16.4 Å². The zero-order valence-corrected chi connectivity index (χ0v) is 10.7. The van der Waals surface area contributed by atoms with Gasteiger partial charge in [-0.3, -0.25) is 4.79 Å². The molecule has 90 valence electrons. The number of carbonyl (C=O) groups excluding carboxylic acids is 1. The quantitative estimate of drug-likeness (QED) is 0.774. The van der Waals surface area contributed by atoms with Crippen molar-refractivity contribution in [3.05, 3.63) is 21.5 Å². The summed E-state index contributed by atoms with van der Waals surface area (Å²) in [6, 6.07) is 0. The van der Waals surface area contributed by atoms with E-state index < -0.39 is 0 Å². The van der Waals surface area contributed by atoms with Crippen LogP contribution < -0.4 is 16.4 Å². The number of rotatable bonds is 4. The smallest absolute Gasteiger partial charge is 0.265 e. The first-order valence-electron chi connectivity index (χ1n) is 4.81. The van der Waals surface area contributed by atoms with Crippen LogP contribution in [0.3, 0.4) is 0 Å². The van der Waals surface area contributed by atoms with Crippen molar-refractivity contribution in [3.63, 3.8) is 0 Å². The zero-order valence-electron chi connectivity index (χ0n) is 9.06. The van der Waals surface area contributed by atoms with Crippen molar-refractivity contribution in [1.29, 1.82) is 0 Å². The van der Waals surface area contributed by atoms with Gasteiger partial charge >= 0.3 is 0 Å². The van der Waals surface area contributed by atoms with Crippen molar-refractivity contribution in [2.24, 2.45) is 0 Å². The molecule has 6 nitrogen and oxygen atoms in total. The van der Waals surface area contributed by atoms with Gasteiger partial charge in [0, 0.05) is 18.6 Å². The molecule has 0 unspecified atom stereocenters. The zero-order chi connectivity index (χ0) is 12.3. The van der Waals surface area contributed by atoms with Gasteiger partial charge in [-0.25, -0.2) is 9.97 Å². The standard InChI is InChI=1S/C9H11N5OS2/c1-11-9-14-7(10)6(17-9)8(15)13-4-5-12-2-3-16-5/h2-3H,4,10H2,1H3,(H,11,14)(H,13,15). The van der Waals surface area contributed by atoms with Crippen molar-refractivity contribution in [2.45, 2.75) is 6.54 Å². The van der Waals surface area contributed by atoms with Crippen molar-refractivity contribution in [3.8, 4) is 0 Å². The highest BCUT2D eigenvalue weighted by molar-refractivity contribution is 7.18. The Bertz CT molecular complexity index is 507. The Morgan fingerprint density at radius 2 is 2.41 bits per heavy atom. The maximum Gasteiger partial charge on any atom is 0.265 e. The molecule has 2 heterocycles. The van der Waals surface area contributed by atoms with Crippen LogP contribution in [0.4, 0.5) is 10.9 Å². The van der Waals surface area contributed by atoms with Crippen molar-refractivity contribution < 1.29 is 4.79 Å². The molecule has 0 spiro atoms. The maximum absolute atomic E-state index is 11.8. The molecule has 2 aromatic heterocycles. The topological polar surface area (TPSA) is 92.9 Å². The molecule has 0 radical (unpaired) electrons. The van der Waals surface area contributed by atoms with E-state index in [4.69, 9.17) is 5.73 Å². The molecule has 1 amide bonds. The van der Waals surface area contributed by atoms with E-state index in [1.165, 1.54) is 22.7 Å². The summed E-state index contributed by atoms with van der Waals surface area (Å²) in [4.78, 5) is 20.3. The minimum atomic E-state index is -0.225. The van der Waals surface area contributed by atoms with Crippen molar-refractivity contribution in [2.75, 3.05) is 18.1 Å². The van der Waals surface area contributed by atoms with Gasteiger partial charge in [0.2, 0.25) is 0 Å². The fraction of sp³-hybridized carbons (Fsp3) is 0.222. The fourth-order valence-electron chi connectivity index (χ4n) is 1.18. The third-order valence-electron chi connectivity index (χ3n) is 1.96. The van der Waals surface area contributed by atoms with E-state index in [1.807, 2.05) is 5.38 Å². The lowest BCUT2D eigenvalue weighted by molar-refractivity contribution is 0.0955. The van der Waals surface area contributed by atoms with E-state index in [-0.39, 0.29) is 11.7 Å². The summed E-state index contributed by atoms with van der Waals surface area (Å²) < 4.78 is 0. The molecule has 17 heavy (non-hydrogen) atoms. The van der Waals surface area contributed by atoms with E-state index in [9.17, 15) is 4.79 Å². The molecule has 0 aliphatic carbocycles. The van der Waals surface area contributed by atoms with Crippen LogP contribution in [0.1, 0.15) is 14.7 Å². The highest BCUT2D eigenvalue weighted by Gasteiger charge is 2.15. The van der Waals surface area contributed by atoms with Crippen LogP contribution in [0.25, 0.3) is 0 Å². The number of anilines is 2. The van der Waals surface area contributed by atoms with Gasteiger partial charge in [0.1, 0.15) is 15.7 Å². The molecule has 0 aromatic carbocycles. The Kier molecular flexibility index (Phi) is 3.55. The maximum atomic E-state index is 11.8. The molecule has 0 atom stereocenters. The second-order valence-corrected chi connectivity index (χ2v) is 5.07. The SMILES string of the molecule is CNc1nc(N)c(C(=O)NCc2nccs2)s1. The largest absolute Gasteiger partial charge is 0.382 e. The number of hydrogen-bond donors (Lipinski definition) is 3. The van der Waals surface area contributed by atoms with E-state index in [0.717, 1.165) is 5.01 Å². The second kappa shape index (κ2) is 5.11. The Hall–Kier alpha value is -1.67. The van der Waals surface area contributed by atoms with Crippen LogP contribution in [-0.2, 0) is 6.54 Å². The molecular formula is C9H11N5OS2. The summed E-state index contributed by atoms with van der Waals surface area (Å²) in [5.41, 5.74) is 5.65. The first-order chi connectivity index (χ1) is 8.20. The lowest BCUT2D eigenvalue weighted by atomic mass is 10.4. The first-order valence-corrected chi connectivity index (χ1v) is 6.51. The van der Waals surface area contributed by atoms with Gasteiger partial charge in [-0.2, -0.15) is 0 Å². The Balaban J connectivity index is 2.01. The van der Waals surface area contributed by atoms with Crippen LogP contribution >= 0.6 is 22.7 Å². The summed E-state index contributed by atoms with van der Waals surface area (Å²) in [5.74, 6) is 0.0210. The van der Waals surface area contributed by atoms with E-state index in [2.05, 4.69) is 20.6 Å². The fourth-order valence-corrected chi connectivity index (χ4v) is 2.49. The minimum Gasteiger partial charge on any atom is -0.382 e. The number of nitrogen functional groups attached to an aromatic ring is 1. The highest BCUT2D eigenvalue weighted by Crippen LogP contribution is 2.24. The predicted molar refractivity (Wildman–Crippen MR) is 69.4 cm³/mol. The van der Waals surface area contributed by atoms with Crippen LogP contribution in [0.15, 0.2) is 11.6 Å². The van der Waals surface area contributed by atoms with E-state index >= 15 is 0 Å². The van der Waals surface area contributed by atoms with Gasteiger partial charge in [-0.1, -0.05) is 11.3 Å². The number of nitrogens with zero attached hydrogens (tertiary/aromatic N) is 2. The molecule has 4 N–H and O–H groups in total. The second-order valence-electron chi connectivity index (χ2n) is 3.09. The van der Waals surface area contributed by atoms with E-state index in [0.29, 0.717) is 16.6 Å². The molecule has 8 heteroatoms. The van der Waals surface area contributed by atoms with Crippen LogP contribution in [0.5, 0.6) is 0 Å². The molecular weight excluding hydrogens is 258 g/mol. The summed E-state index contributed by atoms with van der Waals surface area (Å²) in [6.45, 7) is 0.405. The lowest BCUT2D eigenvalue weighted by Gasteiger charge is -2.00. The third kappa shape index (κ3) is 2.71. The molecule has 0 bridgehead atoms. The van der Waals surface area contributed by atoms with Gasteiger partial charge in [0.25, 0.3) is 5.91 Å². The monoisotopic (exact) mass is 269 g/mol. The lowest BCUT2D eigenvalue weighted by Crippen LogP contribution is -2.22. The van der Waals surface area contributed by atoms with E-state index in [1.54, 1.807) is 13.2 Å². The molecule has 2 aromatic rings. The normalized spacial score (nSPS) is 10.2. The number of thiazole rings is 2. The van der Waals surface area contributed by atoms with Crippen molar-refractivity contribution in [1.82, 2.24) is 15.3 Å². The molecule has 0 saturated carbocycles. The molecule has 0 aliphatic rings. The number of nitrogens with one attached hydrogen (secondary N) is 2. The Morgan fingerprint density at radius 1 is 1.59 bits per heavy atom. The predicted octanol–water partition coefficient (Wildman–Crippen LogP) is 1.15. The molecule has 0 fully saturated rings. The van der Waals surface area contributed by atoms with Gasteiger partial charge in [-0.15, -0.1) is 11.3 Å². The average Bonchev–Trinajstić information content (AvgIpc) is 2.94. The third-order valence-corrected chi connectivity index (χ3v) is 3.82. The summed E-state index contributed by atoms with van der Waals surface area (Å²) in [7, 11) is 1.73. The number of nitrogens with two attached hydrogens (primary N) is 1. The summed E-state index contributed by atoms with van der Waals surface area (Å²) >= 11 is 2.72. The highest BCUT2D eigenvalue weighted by atomic mass is 32.1. The number of aromatic nitrogens is 2.